The van der Waals surface area contributed by atoms with Crippen molar-refractivity contribution in [1.29, 1.82) is 0 Å². The predicted molar refractivity (Wildman–Crippen MR) is 105 cm³/mol. The molecular formula is C20H37NaO4. The number of hydrogen-bond donors (Lipinski definition) is 2. The summed E-state index contributed by atoms with van der Waals surface area (Å²) in [5, 5.41) is 19.2. The van der Waals surface area contributed by atoms with Crippen LogP contribution >= 0.6 is 0 Å². The van der Waals surface area contributed by atoms with Crippen molar-refractivity contribution in [2.45, 2.75) is 91.9 Å². The Hall–Kier alpha value is -0.320. The summed E-state index contributed by atoms with van der Waals surface area (Å²) in [5.41, 5.74) is 0.226. The van der Waals surface area contributed by atoms with Crippen molar-refractivity contribution < 1.29 is 19.8 Å². The van der Waals surface area contributed by atoms with Crippen molar-refractivity contribution in [3.63, 3.8) is 0 Å². The van der Waals surface area contributed by atoms with Gasteiger partial charge in [0.05, 0.1) is 11.1 Å². The quantitative estimate of drug-likeness (QED) is 0.258. The molecule has 2 atom stereocenters. The maximum absolute atomic E-state index is 11.7. The van der Waals surface area contributed by atoms with Crippen LogP contribution in [-0.2, 0) is 9.59 Å². The number of carboxylic acids is 2. The maximum atomic E-state index is 11.7. The molecule has 4 nitrogen and oxygen atoms in total. The summed E-state index contributed by atoms with van der Waals surface area (Å²) < 4.78 is 0. The number of unbranched alkanes of at least 4 members (excludes halogenated alkanes) is 6. The predicted octanol–water partition coefficient (Wildman–Crippen LogP) is 5.02. The van der Waals surface area contributed by atoms with E-state index in [2.05, 4.69) is 13.8 Å². The molecule has 2 N–H and O–H groups in total. The molecule has 0 saturated carbocycles. The van der Waals surface area contributed by atoms with Gasteiger partial charge in [-0.25, -0.2) is 9.59 Å². The average molecular weight is 365 g/mol. The van der Waals surface area contributed by atoms with E-state index < -0.39 is 11.9 Å². The van der Waals surface area contributed by atoms with Gasteiger partial charge in [-0.3, -0.25) is 0 Å². The molecule has 0 radical (unpaired) electrons. The minimum atomic E-state index is -1.07. The van der Waals surface area contributed by atoms with Crippen molar-refractivity contribution in [2.75, 3.05) is 0 Å². The summed E-state index contributed by atoms with van der Waals surface area (Å²) in [5.74, 6) is -2.58. The van der Waals surface area contributed by atoms with Crippen molar-refractivity contribution in [2.24, 2.45) is 11.8 Å². The number of aliphatic carboxylic acids is 2. The molecule has 142 valence electrons. The molecule has 25 heavy (non-hydrogen) atoms. The monoisotopic (exact) mass is 364 g/mol. The molecule has 0 bridgehead atoms. The van der Waals surface area contributed by atoms with E-state index in [1.165, 1.54) is 0 Å². The Balaban J connectivity index is 0. The van der Waals surface area contributed by atoms with E-state index in [1.54, 1.807) is 0 Å². The summed E-state index contributed by atoms with van der Waals surface area (Å²) >= 11 is 0. The standard InChI is InChI=1S/C20H36O4.Na.H/c1-5-7-9-11-13-15(3)17(19(21)22)18(20(23)24)16(4)14-12-10-8-6-2;;/h15-16H,5-14H2,1-4H3,(H,21,22)(H,23,24);;/b18-17-;;. The first-order valence-electron chi connectivity index (χ1n) is 9.57. The van der Waals surface area contributed by atoms with Crippen LogP contribution in [0.3, 0.4) is 0 Å². The molecule has 0 aromatic rings. The van der Waals surface area contributed by atoms with E-state index in [9.17, 15) is 19.8 Å². The molecule has 5 heteroatoms. The van der Waals surface area contributed by atoms with E-state index in [0.29, 0.717) is 0 Å². The fraction of sp³-hybridized carbons (Fsp3) is 0.800. The molecule has 0 amide bonds. The van der Waals surface area contributed by atoms with E-state index in [4.69, 9.17) is 0 Å². The molecule has 0 aliphatic heterocycles. The van der Waals surface area contributed by atoms with Crippen LogP contribution in [0.2, 0.25) is 0 Å². The number of hydrogen-bond acceptors (Lipinski definition) is 2. The zero-order valence-electron chi connectivity index (χ0n) is 15.9. The van der Waals surface area contributed by atoms with Gasteiger partial charge in [0.2, 0.25) is 0 Å². The van der Waals surface area contributed by atoms with Gasteiger partial charge in [0.1, 0.15) is 0 Å². The number of carbonyl (C=O) groups is 2. The zero-order valence-corrected chi connectivity index (χ0v) is 15.9. The van der Waals surface area contributed by atoms with Gasteiger partial charge >= 0.3 is 41.5 Å². The average Bonchev–Trinajstić information content (AvgIpc) is 2.52. The summed E-state index contributed by atoms with van der Waals surface area (Å²) in [7, 11) is 0. The van der Waals surface area contributed by atoms with Gasteiger partial charge in [0, 0.05) is 0 Å². The summed E-state index contributed by atoms with van der Waals surface area (Å²) in [6.07, 6.45) is 10.0. The van der Waals surface area contributed by atoms with E-state index in [0.717, 1.165) is 64.2 Å². The molecule has 0 rings (SSSR count). The number of rotatable bonds is 14. The Bertz CT molecular complexity index is 380. The fourth-order valence-electron chi connectivity index (χ4n) is 3.23. The third-order valence-corrected chi connectivity index (χ3v) is 4.72. The van der Waals surface area contributed by atoms with Crippen LogP contribution < -0.4 is 0 Å². The Labute approximate surface area is 175 Å². The molecular weight excluding hydrogens is 327 g/mol. The molecule has 0 aromatic carbocycles. The Kier molecular flexibility index (Phi) is 17.1. The Morgan fingerprint density at radius 3 is 1.24 bits per heavy atom. The molecule has 0 saturated heterocycles. The van der Waals surface area contributed by atoms with E-state index in [-0.39, 0.29) is 52.5 Å². The molecule has 0 aromatic heterocycles. The SMILES string of the molecule is CCCCCCC(C)/C(C(=O)O)=C(/C(=O)O)C(C)CCCCCC.[NaH]. The molecule has 0 fully saturated rings. The van der Waals surface area contributed by atoms with Crippen LogP contribution in [0.1, 0.15) is 91.9 Å². The summed E-state index contributed by atoms with van der Waals surface area (Å²) in [4.78, 5) is 23.5. The molecule has 0 aliphatic carbocycles. The van der Waals surface area contributed by atoms with Gasteiger partial charge in [-0.05, 0) is 24.7 Å². The van der Waals surface area contributed by atoms with Crippen LogP contribution in [-0.4, -0.2) is 51.7 Å². The van der Waals surface area contributed by atoms with Gasteiger partial charge in [-0.2, -0.15) is 0 Å². The van der Waals surface area contributed by atoms with Gasteiger partial charge in [-0.15, -0.1) is 0 Å². The van der Waals surface area contributed by atoms with Gasteiger partial charge in [0.25, 0.3) is 0 Å². The summed E-state index contributed by atoms with van der Waals surface area (Å²) in [6, 6.07) is 0. The molecule has 2 unspecified atom stereocenters. The van der Waals surface area contributed by atoms with Crippen molar-refractivity contribution in [3.05, 3.63) is 11.1 Å². The van der Waals surface area contributed by atoms with Crippen LogP contribution in [0.15, 0.2) is 11.1 Å². The van der Waals surface area contributed by atoms with Crippen molar-refractivity contribution in [1.82, 2.24) is 0 Å². The van der Waals surface area contributed by atoms with Gasteiger partial charge in [0.15, 0.2) is 0 Å². The van der Waals surface area contributed by atoms with Crippen molar-refractivity contribution in [3.8, 4) is 0 Å². The molecule has 0 spiro atoms. The number of carboxylic acid groups (broad SMARTS) is 2. The fourth-order valence-corrected chi connectivity index (χ4v) is 3.23. The van der Waals surface area contributed by atoms with Crippen LogP contribution in [0.5, 0.6) is 0 Å². The molecule has 0 aliphatic rings. The molecule has 0 heterocycles. The third-order valence-electron chi connectivity index (χ3n) is 4.72. The summed E-state index contributed by atoms with van der Waals surface area (Å²) in [6.45, 7) is 7.97. The van der Waals surface area contributed by atoms with Gasteiger partial charge < -0.3 is 10.2 Å². The van der Waals surface area contributed by atoms with Crippen LogP contribution in [0, 0.1) is 11.8 Å². The normalized spacial score (nSPS) is 14.2. The second-order valence-electron chi connectivity index (χ2n) is 6.94. The van der Waals surface area contributed by atoms with Gasteiger partial charge in [-0.1, -0.05) is 79.1 Å². The Morgan fingerprint density at radius 1 is 0.680 bits per heavy atom. The topological polar surface area (TPSA) is 74.6 Å². The second-order valence-corrected chi connectivity index (χ2v) is 6.94. The minimum absolute atomic E-state index is 0. The third kappa shape index (κ3) is 11.1. The van der Waals surface area contributed by atoms with E-state index >= 15 is 0 Å². The first-order chi connectivity index (χ1) is 11.4. The zero-order chi connectivity index (χ0) is 18.5. The first kappa shape index (κ1) is 26.9. The first-order valence-corrected chi connectivity index (χ1v) is 9.57. The Morgan fingerprint density at radius 2 is 1.00 bits per heavy atom. The van der Waals surface area contributed by atoms with E-state index in [1.807, 2.05) is 13.8 Å². The van der Waals surface area contributed by atoms with Crippen LogP contribution in [0.4, 0.5) is 0 Å². The van der Waals surface area contributed by atoms with Crippen molar-refractivity contribution >= 4 is 41.5 Å². The second kappa shape index (κ2) is 15.9. The van der Waals surface area contributed by atoms with Crippen LogP contribution in [0.25, 0.3) is 0 Å².